The fourth-order valence-electron chi connectivity index (χ4n) is 1.50. The van der Waals surface area contributed by atoms with Crippen molar-refractivity contribution in [1.29, 1.82) is 0 Å². The van der Waals surface area contributed by atoms with Crippen molar-refractivity contribution in [3.05, 3.63) is 0 Å². The summed E-state index contributed by atoms with van der Waals surface area (Å²) in [6, 6.07) is 0. The van der Waals surface area contributed by atoms with Gasteiger partial charge in [-0.05, 0) is 6.42 Å². The van der Waals surface area contributed by atoms with Gasteiger partial charge in [0.05, 0.1) is 0 Å². The zero-order valence-corrected chi connectivity index (χ0v) is 8.50. The number of nitrogens with one attached hydrogen (secondary N) is 1. The van der Waals surface area contributed by atoms with E-state index in [1.165, 1.54) is 0 Å². The van der Waals surface area contributed by atoms with Gasteiger partial charge in [-0.2, -0.15) is 0 Å². The number of amides is 1. The van der Waals surface area contributed by atoms with Gasteiger partial charge >= 0.3 is 0 Å². The highest BCUT2D eigenvalue weighted by atomic mass is 16.5. The van der Waals surface area contributed by atoms with Crippen LogP contribution in [0.2, 0.25) is 0 Å². The molecule has 0 spiro atoms. The Kier molecular flexibility index (Phi) is 5.51. The normalized spacial score (nSPS) is 18.3. The van der Waals surface area contributed by atoms with E-state index in [1.807, 2.05) is 0 Å². The molecule has 5 nitrogen and oxygen atoms in total. The van der Waals surface area contributed by atoms with E-state index in [0.717, 1.165) is 39.1 Å². The highest BCUT2D eigenvalue weighted by molar-refractivity contribution is 5.74. The number of nitrogens with two attached hydrogens (primary N) is 1. The van der Waals surface area contributed by atoms with Crippen LogP contribution in [0.15, 0.2) is 0 Å². The van der Waals surface area contributed by atoms with Gasteiger partial charge in [-0.1, -0.05) is 0 Å². The standard InChI is InChI=1S/C9H19N3O2/c10-9(13)8-14-7-1-4-12-5-2-11-3-6-12/h11H,1-8H2,(H2,10,13). The summed E-state index contributed by atoms with van der Waals surface area (Å²) in [5, 5.41) is 3.30. The van der Waals surface area contributed by atoms with Gasteiger partial charge in [0, 0.05) is 39.3 Å². The van der Waals surface area contributed by atoms with Gasteiger partial charge in [-0.15, -0.1) is 0 Å². The molecule has 1 saturated heterocycles. The van der Waals surface area contributed by atoms with E-state index in [1.54, 1.807) is 0 Å². The third-order valence-electron chi connectivity index (χ3n) is 2.22. The van der Waals surface area contributed by atoms with Gasteiger partial charge in [0.2, 0.25) is 5.91 Å². The lowest BCUT2D eigenvalue weighted by atomic mass is 10.3. The van der Waals surface area contributed by atoms with Crippen LogP contribution in [0.3, 0.4) is 0 Å². The number of rotatable bonds is 6. The first-order valence-corrected chi connectivity index (χ1v) is 5.08. The highest BCUT2D eigenvalue weighted by Gasteiger charge is 2.08. The van der Waals surface area contributed by atoms with E-state index in [2.05, 4.69) is 10.2 Å². The zero-order valence-electron chi connectivity index (χ0n) is 8.50. The summed E-state index contributed by atoms with van der Waals surface area (Å²) in [5.41, 5.74) is 4.93. The average molecular weight is 201 g/mol. The number of carbonyl (C=O) groups is 1. The molecular formula is C9H19N3O2. The Labute approximate surface area is 84.6 Å². The lowest BCUT2D eigenvalue weighted by Gasteiger charge is -2.26. The molecule has 1 heterocycles. The molecule has 0 saturated carbocycles. The summed E-state index contributed by atoms with van der Waals surface area (Å²) in [4.78, 5) is 12.7. The van der Waals surface area contributed by atoms with Crippen molar-refractivity contribution in [3.8, 4) is 0 Å². The number of carbonyl (C=O) groups excluding carboxylic acids is 1. The summed E-state index contributed by atoms with van der Waals surface area (Å²) in [7, 11) is 0. The van der Waals surface area contributed by atoms with Crippen LogP contribution < -0.4 is 11.1 Å². The number of nitrogens with zero attached hydrogens (tertiary/aromatic N) is 1. The number of piperazine rings is 1. The second-order valence-electron chi connectivity index (χ2n) is 3.46. The van der Waals surface area contributed by atoms with Crippen molar-refractivity contribution >= 4 is 5.91 Å². The fourth-order valence-corrected chi connectivity index (χ4v) is 1.50. The molecule has 0 aliphatic carbocycles. The van der Waals surface area contributed by atoms with Crippen molar-refractivity contribution in [1.82, 2.24) is 10.2 Å². The molecule has 1 fully saturated rings. The minimum Gasteiger partial charge on any atom is -0.372 e. The maximum absolute atomic E-state index is 10.3. The summed E-state index contributed by atoms with van der Waals surface area (Å²) in [6.45, 7) is 6.06. The van der Waals surface area contributed by atoms with Gasteiger partial charge in [0.1, 0.15) is 6.61 Å². The van der Waals surface area contributed by atoms with Crippen molar-refractivity contribution < 1.29 is 9.53 Å². The molecule has 0 atom stereocenters. The Balaban J connectivity index is 1.90. The van der Waals surface area contributed by atoms with E-state index in [-0.39, 0.29) is 6.61 Å². The van der Waals surface area contributed by atoms with Crippen LogP contribution in [0.25, 0.3) is 0 Å². The van der Waals surface area contributed by atoms with Gasteiger partial charge in [-0.25, -0.2) is 0 Å². The second-order valence-corrected chi connectivity index (χ2v) is 3.46. The molecule has 0 aromatic rings. The Morgan fingerprint density at radius 3 is 2.79 bits per heavy atom. The van der Waals surface area contributed by atoms with E-state index in [0.29, 0.717) is 6.61 Å². The first kappa shape index (κ1) is 11.4. The van der Waals surface area contributed by atoms with Crippen molar-refractivity contribution in [3.63, 3.8) is 0 Å². The van der Waals surface area contributed by atoms with Crippen molar-refractivity contribution in [2.75, 3.05) is 45.9 Å². The first-order valence-electron chi connectivity index (χ1n) is 5.08. The molecule has 1 amide bonds. The van der Waals surface area contributed by atoms with E-state index >= 15 is 0 Å². The van der Waals surface area contributed by atoms with Crippen LogP contribution >= 0.6 is 0 Å². The van der Waals surface area contributed by atoms with E-state index in [4.69, 9.17) is 10.5 Å². The number of ether oxygens (including phenoxy) is 1. The van der Waals surface area contributed by atoms with Gasteiger partial charge in [-0.3, -0.25) is 4.79 Å². The maximum atomic E-state index is 10.3. The number of primary amides is 1. The molecule has 0 aromatic heterocycles. The molecule has 1 rings (SSSR count). The van der Waals surface area contributed by atoms with Crippen molar-refractivity contribution in [2.45, 2.75) is 6.42 Å². The Morgan fingerprint density at radius 2 is 2.14 bits per heavy atom. The summed E-state index contributed by atoms with van der Waals surface area (Å²) in [6.07, 6.45) is 0.966. The molecule has 1 aliphatic rings. The molecule has 0 unspecified atom stereocenters. The molecule has 1 aliphatic heterocycles. The summed E-state index contributed by atoms with van der Waals surface area (Å²) < 4.78 is 5.07. The number of hydrogen-bond acceptors (Lipinski definition) is 4. The average Bonchev–Trinajstić information content (AvgIpc) is 2.18. The molecule has 82 valence electrons. The maximum Gasteiger partial charge on any atom is 0.243 e. The quantitative estimate of drug-likeness (QED) is 0.529. The Bertz CT molecular complexity index is 169. The summed E-state index contributed by atoms with van der Waals surface area (Å²) >= 11 is 0. The van der Waals surface area contributed by atoms with Crippen LogP contribution in [0.5, 0.6) is 0 Å². The molecule has 0 aromatic carbocycles. The zero-order chi connectivity index (χ0) is 10.2. The predicted octanol–water partition coefficient (Wildman–Crippen LogP) is -1.22. The minimum atomic E-state index is -0.396. The fraction of sp³-hybridized carbons (Fsp3) is 0.889. The van der Waals surface area contributed by atoms with Crippen LogP contribution in [0.1, 0.15) is 6.42 Å². The predicted molar refractivity (Wildman–Crippen MR) is 53.9 cm³/mol. The summed E-state index contributed by atoms with van der Waals surface area (Å²) in [5.74, 6) is -0.396. The van der Waals surface area contributed by atoms with Crippen LogP contribution in [0.4, 0.5) is 0 Å². The van der Waals surface area contributed by atoms with Gasteiger partial charge in [0.25, 0.3) is 0 Å². The van der Waals surface area contributed by atoms with Crippen LogP contribution in [-0.2, 0) is 9.53 Å². The number of hydrogen-bond donors (Lipinski definition) is 2. The monoisotopic (exact) mass is 201 g/mol. The van der Waals surface area contributed by atoms with E-state index in [9.17, 15) is 4.79 Å². The smallest absolute Gasteiger partial charge is 0.243 e. The third-order valence-corrected chi connectivity index (χ3v) is 2.22. The molecule has 0 radical (unpaired) electrons. The van der Waals surface area contributed by atoms with Crippen LogP contribution in [-0.4, -0.2) is 56.7 Å². The van der Waals surface area contributed by atoms with Gasteiger partial charge in [0.15, 0.2) is 0 Å². The van der Waals surface area contributed by atoms with Crippen LogP contribution in [0, 0.1) is 0 Å². The van der Waals surface area contributed by atoms with Crippen molar-refractivity contribution in [2.24, 2.45) is 5.73 Å². The minimum absolute atomic E-state index is 0.0432. The largest absolute Gasteiger partial charge is 0.372 e. The topological polar surface area (TPSA) is 67.6 Å². The van der Waals surface area contributed by atoms with E-state index < -0.39 is 5.91 Å². The molecular weight excluding hydrogens is 182 g/mol. The third kappa shape index (κ3) is 5.16. The lowest BCUT2D eigenvalue weighted by molar-refractivity contribution is -0.122. The Hall–Kier alpha value is -0.650. The SMILES string of the molecule is NC(=O)COCCCN1CCNCC1. The molecule has 5 heteroatoms. The second kappa shape index (κ2) is 6.75. The first-order chi connectivity index (χ1) is 6.79. The molecule has 0 bridgehead atoms. The molecule has 14 heavy (non-hydrogen) atoms. The highest BCUT2D eigenvalue weighted by Crippen LogP contribution is 1.94. The molecule has 3 N–H and O–H groups in total. The lowest BCUT2D eigenvalue weighted by Crippen LogP contribution is -2.43. The van der Waals surface area contributed by atoms with Gasteiger partial charge < -0.3 is 20.7 Å². The Morgan fingerprint density at radius 1 is 1.43 bits per heavy atom.